The maximum atomic E-state index is 12.3. The van der Waals surface area contributed by atoms with E-state index < -0.39 is 12.0 Å². The van der Waals surface area contributed by atoms with Crippen LogP contribution in [-0.2, 0) is 9.59 Å². The molecule has 4 heteroatoms. The quantitative estimate of drug-likeness (QED) is 0.891. The van der Waals surface area contributed by atoms with Crippen LogP contribution >= 0.6 is 0 Å². The summed E-state index contributed by atoms with van der Waals surface area (Å²) >= 11 is 0. The van der Waals surface area contributed by atoms with Crippen molar-refractivity contribution in [3.8, 4) is 0 Å². The van der Waals surface area contributed by atoms with Gasteiger partial charge in [0.05, 0.1) is 0 Å². The van der Waals surface area contributed by atoms with E-state index in [0.717, 1.165) is 12.0 Å². The van der Waals surface area contributed by atoms with Crippen molar-refractivity contribution >= 4 is 11.9 Å². The minimum Gasteiger partial charge on any atom is -0.479 e. The number of amides is 1. The molecule has 1 fully saturated rings. The Kier molecular flexibility index (Phi) is 3.92. The first-order valence-electron chi connectivity index (χ1n) is 7.30. The molecule has 0 heterocycles. The predicted octanol–water partition coefficient (Wildman–Crippen LogP) is 2.73. The van der Waals surface area contributed by atoms with Gasteiger partial charge >= 0.3 is 5.97 Å². The molecule has 4 nitrogen and oxygen atoms in total. The van der Waals surface area contributed by atoms with Gasteiger partial charge in [0.2, 0.25) is 5.91 Å². The third-order valence-electron chi connectivity index (χ3n) is 4.02. The van der Waals surface area contributed by atoms with Crippen molar-refractivity contribution in [3.63, 3.8) is 0 Å². The average Bonchev–Trinajstić information content (AvgIpc) is 3.34. The zero-order chi connectivity index (χ0) is 15.5. The fraction of sp³-hybridized carbons (Fsp3) is 0.222. The fourth-order valence-corrected chi connectivity index (χ4v) is 2.74. The SMILES string of the molecule is O=C(O)[C@@H](NC(=O)[C@@H]1C[C@H]1c1ccccc1)c1ccccc1. The van der Waals surface area contributed by atoms with Crippen LogP contribution in [0.3, 0.4) is 0 Å². The third kappa shape index (κ3) is 3.01. The summed E-state index contributed by atoms with van der Waals surface area (Å²) in [5.74, 6) is -1.17. The molecule has 1 amide bonds. The second-order valence-electron chi connectivity index (χ2n) is 5.55. The highest BCUT2D eigenvalue weighted by atomic mass is 16.4. The lowest BCUT2D eigenvalue weighted by molar-refractivity contribution is -0.142. The van der Waals surface area contributed by atoms with E-state index in [1.165, 1.54) is 0 Å². The highest BCUT2D eigenvalue weighted by Gasteiger charge is 2.44. The second kappa shape index (κ2) is 6.02. The third-order valence-corrected chi connectivity index (χ3v) is 4.02. The molecule has 2 N–H and O–H groups in total. The summed E-state index contributed by atoms with van der Waals surface area (Å²) in [6, 6.07) is 17.6. The predicted molar refractivity (Wildman–Crippen MR) is 82.3 cm³/mol. The Balaban J connectivity index is 1.67. The first kappa shape index (κ1) is 14.3. The molecule has 3 atom stereocenters. The van der Waals surface area contributed by atoms with Crippen LogP contribution in [0.1, 0.15) is 29.5 Å². The lowest BCUT2D eigenvalue weighted by Gasteiger charge is -2.15. The molecule has 1 aliphatic carbocycles. The van der Waals surface area contributed by atoms with Crippen LogP contribution in [0.2, 0.25) is 0 Å². The van der Waals surface area contributed by atoms with E-state index in [1.807, 2.05) is 36.4 Å². The van der Waals surface area contributed by atoms with Gasteiger partial charge in [0.25, 0.3) is 0 Å². The zero-order valence-corrected chi connectivity index (χ0v) is 12.0. The van der Waals surface area contributed by atoms with Crippen molar-refractivity contribution in [2.24, 2.45) is 5.92 Å². The molecule has 0 bridgehead atoms. The van der Waals surface area contributed by atoms with Gasteiger partial charge in [0, 0.05) is 5.92 Å². The van der Waals surface area contributed by atoms with E-state index in [9.17, 15) is 14.7 Å². The van der Waals surface area contributed by atoms with Gasteiger partial charge in [-0.05, 0) is 23.5 Å². The van der Waals surface area contributed by atoms with Crippen molar-refractivity contribution < 1.29 is 14.7 Å². The smallest absolute Gasteiger partial charge is 0.330 e. The number of hydrogen-bond donors (Lipinski definition) is 2. The van der Waals surface area contributed by atoms with E-state index in [1.54, 1.807) is 24.3 Å². The Morgan fingerprint density at radius 1 is 1.00 bits per heavy atom. The van der Waals surface area contributed by atoms with Gasteiger partial charge in [-0.25, -0.2) is 4.79 Å². The van der Waals surface area contributed by atoms with Gasteiger partial charge in [-0.1, -0.05) is 60.7 Å². The van der Waals surface area contributed by atoms with Crippen LogP contribution in [-0.4, -0.2) is 17.0 Å². The van der Waals surface area contributed by atoms with Gasteiger partial charge in [-0.15, -0.1) is 0 Å². The number of nitrogens with one attached hydrogen (secondary N) is 1. The van der Waals surface area contributed by atoms with E-state index in [2.05, 4.69) is 5.32 Å². The average molecular weight is 295 g/mol. The van der Waals surface area contributed by atoms with Gasteiger partial charge in [0.15, 0.2) is 6.04 Å². The highest BCUT2D eigenvalue weighted by molar-refractivity contribution is 5.88. The van der Waals surface area contributed by atoms with Gasteiger partial charge in [0.1, 0.15) is 0 Å². The molecule has 0 aliphatic heterocycles. The number of hydrogen-bond acceptors (Lipinski definition) is 2. The van der Waals surface area contributed by atoms with Crippen LogP contribution in [0.25, 0.3) is 0 Å². The summed E-state index contributed by atoms with van der Waals surface area (Å²) < 4.78 is 0. The molecule has 0 unspecified atom stereocenters. The largest absolute Gasteiger partial charge is 0.479 e. The molecule has 2 aromatic rings. The Morgan fingerprint density at radius 2 is 1.59 bits per heavy atom. The van der Waals surface area contributed by atoms with Gasteiger partial charge in [-0.2, -0.15) is 0 Å². The van der Waals surface area contributed by atoms with Crippen LogP contribution in [0.4, 0.5) is 0 Å². The van der Waals surface area contributed by atoms with Crippen molar-refractivity contribution in [1.82, 2.24) is 5.32 Å². The van der Waals surface area contributed by atoms with Crippen molar-refractivity contribution in [3.05, 3.63) is 71.8 Å². The van der Waals surface area contributed by atoms with E-state index in [4.69, 9.17) is 0 Å². The fourth-order valence-electron chi connectivity index (χ4n) is 2.74. The number of carboxylic acid groups (broad SMARTS) is 1. The lowest BCUT2D eigenvalue weighted by atomic mass is 10.1. The molecule has 0 spiro atoms. The summed E-state index contributed by atoms with van der Waals surface area (Å²) in [6.45, 7) is 0. The summed E-state index contributed by atoms with van der Waals surface area (Å²) in [4.78, 5) is 23.7. The molecule has 112 valence electrons. The number of aliphatic carboxylic acids is 1. The number of carbonyl (C=O) groups is 2. The normalized spacial score (nSPS) is 20.9. The molecule has 1 aliphatic rings. The Morgan fingerprint density at radius 3 is 2.18 bits per heavy atom. The maximum Gasteiger partial charge on any atom is 0.330 e. The molecule has 0 radical (unpaired) electrons. The van der Waals surface area contributed by atoms with E-state index in [0.29, 0.717) is 5.56 Å². The number of rotatable bonds is 5. The minimum atomic E-state index is -1.04. The van der Waals surface area contributed by atoms with E-state index >= 15 is 0 Å². The summed E-state index contributed by atoms with van der Waals surface area (Å²) in [7, 11) is 0. The minimum absolute atomic E-state index is 0.132. The topological polar surface area (TPSA) is 66.4 Å². The Bertz CT molecular complexity index is 669. The second-order valence-corrected chi connectivity index (χ2v) is 5.55. The molecule has 3 rings (SSSR count). The first-order valence-corrected chi connectivity index (χ1v) is 7.30. The number of benzene rings is 2. The van der Waals surface area contributed by atoms with Crippen LogP contribution in [0.15, 0.2) is 60.7 Å². The van der Waals surface area contributed by atoms with Crippen LogP contribution in [0, 0.1) is 5.92 Å². The number of carbonyl (C=O) groups excluding carboxylic acids is 1. The summed E-state index contributed by atoms with van der Waals surface area (Å²) in [6.07, 6.45) is 0.775. The zero-order valence-electron chi connectivity index (χ0n) is 12.0. The van der Waals surface area contributed by atoms with Gasteiger partial charge < -0.3 is 10.4 Å². The van der Waals surface area contributed by atoms with Crippen molar-refractivity contribution in [2.75, 3.05) is 0 Å². The maximum absolute atomic E-state index is 12.3. The molecular weight excluding hydrogens is 278 g/mol. The molecule has 2 aromatic carbocycles. The lowest BCUT2D eigenvalue weighted by Crippen LogP contribution is -2.34. The monoisotopic (exact) mass is 295 g/mol. The molecular formula is C18H17NO3. The van der Waals surface area contributed by atoms with Crippen LogP contribution < -0.4 is 5.32 Å². The van der Waals surface area contributed by atoms with Crippen LogP contribution in [0.5, 0.6) is 0 Å². The highest BCUT2D eigenvalue weighted by Crippen LogP contribution is 2.47. The number of carboxylic acids is 1. The Labute approximate surface area is 128 Å². The first-order chi connectivity index (χ1) is 10.7. The van der Waals surface area contributed by atoms with Crippen molar-refractivity contribution in [2.45, 2.75) is 18.4 Å². The van der Waals surface area contributed by atoms with Gasteiger partial charge in [-0.3, -0.25) is 4.79 Å². The Hall–Kier alpha value is -2.62. The summed E-state index contributed by atoms with van der Waals surface area (Å²) in [5, 5.41) is 12.0. The standard InChI is InChI=1S/C18H17NO3/c20-17(15-11-14(15)12-7-3-1-4-8-12)19-16(18(21)22)13-9-5-2-6-10-13/h1-10,14-16H,11H2,(H,19,20)(H,21,22)/t14-,15+,16-/m0/s1. The molecule has 22 heavy (non-hydrogen) atoms. The molecule has 0 aromatic heterocycles. The molecule has 0 saturated heterocycles. The summed E-state index contributed by atoms with van der Waals surface area (Å²) in [5.41, 5.74) is 1.72. The molecule has 1 saturated carbocycles. The van der Waals surface area contributed by atoms with Crippen molar-refractivity contribution in [1.29, 1.82) is 0 Å². The van der Waals surface area contributed by atoms with E-state index in [-0.39, 0.29) is 17.7 Å².